The number of benzene rings is 2. The molecule has 2 aromatic rings. The van der Waals surface area contributed by atoms with E-state index in [0.717, 1.165) is 17.7 Å². The number of halogens is 3. The standard InChI is InChI=1S/C20H24F2N4O.HI/c1-14(16-9-10-17(21)18(22)11-16)25-20(24-13-19(27)26(2)3)23-12-15-7-5-4-6-8-15;/h4-11,14H,12-13H2,1-3H3,(H2,23,24,25);1H. The number of rotatable bonds is 6. The Balaban J connectivity index is 0.00000392. The van der Waals surface area contributed by atoms with Crippen LogP contribution in [0.2, 0.25) is 0 Å². The van der Waals surface area contributed by atoms with E-state index in [-0.39, 0.29) is 42.5 Å². The van der Waals surface area contributed by atoms with Gasteiger partial charge >= 0.3 is 0 Å². The number of likely N-dealkylation sites (N-methyl/N-ethyl adjacent to an activating group) is 1. The van der Waals surface area contributed by atoms with Crippen molar-refractivity contribution in [3.8, 4) is 0 Å². The average Bonchev–Trinajstić information content (AvgIpc) is 2.66. The number of hydrogen-bond donors (Lipinski definition) is 2. The van der Waals surface area contributed by atoms with Gasteiger partial charge in [-0.3, -0.25) is 4.79 Å². The van der Waals surface area contributed by atoms with Crippen molar-refractivity contribution in [2.24, 2.45) is 4.99 Å². The fraction of sp³-hybridized carbons (Fsp3) is 0.300. The van der Waals surface area contributed by atoms with E-state index < -0.39 is 11.6 Å². The van der Waals surface area contributed by atoms with Gasteiger partial charge in [-0.2, -0.15) is 0 Å². The summed E-state index contributed by atoms with van der Waals surface area (Å²) >= 11 is 0. The molecule has 1 atom stereocenters. The molecule has 0 aliphatic rings. The largest absolute Gasteiger partial charge is 0.350 e. The lowest BCUT2D eigenvalue weighted by molar-refractivity contribution is -0.127. The molecule has 28 heavy (non-hydrogen) atoms. The molecule has 2 rings (SSSR count). The molecule has 0 spiro atoms. The molecule has 1 amide bonds. The number of nitrogens with zero attached hydrogens (tertiary/aromatic N) is 2. The number of carbonyl (C=O) groups excluding carboxylic acids is 1. The molecule has 8 heteroatoms. The maximum absolute atomic E-state index is 13.5. The van der Waals surface area contributed by atoms with Crippen molar-refractivity contribution in [2.45, 2.75) is 19.5 Å². The quantitative estimate of drug-likeness (QED) is 0.362. The van der Waals surface area contributed by atoms with Crippen LogP contribution in [0, 0.1) is 11.6 Å². The zero-order chi connectivity index (χ0) is 19.8. The van der Waals surface area contributed by atoms with Crippen molar-refractivity contribution in [1.29, 1.82) is 0 Å². The zero-order valence-electron chi connectivity index (χ0n) is 16.1. The third-order valence-corrected chi connectivity index (χ3v) is 3.97. The summed E-state index contributed by atoms with van der Waals surface area (Å²) < 4.78 is 26.6. The second-order valence-corrected chi connectivity index (χ2v) is 6.33. The van der Waals surface area contributed by atoms with E-state index in [0.29, 0.717) is 18.1 Å². The molecule has 0 saturated heterocycles. The van der Waals surface area contributed by atoms with Crippen LogP contribution in [0.1, 0.15) is 24.1 Å². The first-order valence-electron chi connectivity index (χ1n) is 8.60. The van der Waals surface area contributed by atoms with Gasteiger partial charge in [0.15, 0.2) is 17.6 Å². The Bertz CT molecular complexity index is 800. The summed E-state index contributed by atoms with van der Waals surface area (Å²) in [6, 6.07) is 13.1. The molecule has 0 aliphatic heterocycles. The molecule has 2 aromatic carbocycles. The Hall–Kier alpha value is -2.23. The minimum atomic E-state index is -0.903. The molecular weight excluding hydrogens is 477 g/mol. The molecule has 1 unspecified atom stereocenters. The summed E-state index contributed by atoms with van der Waals surface area (Å²) in [7, 11) is 3.34. The first kappa shape index (κ1) is 23.8. The van der Waals surface area contributed by atoms with Gasteiger partial charge in [-0.1, -0.05) is 36.4 Å². The molecule has 2 N–H and O–H groups in total. The first-order chi connectivity index (χ1) is 12.9. The van der Waals surface area contributed by atoms with Gasteiger partial charge in [-0.15, -0.1) is 24.0 Å². The van der Waals surface area contributed by atoms with Crippen LogP contribution in [0.4, 0.5) is 8.78 Å². The van der Waals surface area contributed by atoms with E-state index in [1.165, 1.54) is 11.0 Å². The number of amides is 1. The molecule has 152 valence electrons. The Labute approximate surface area is 181 Å². The molecule has 0 saturated carbocycles. The van der Waals surface area contributed by atoms with E-state index in [1.807, 2.05) is 30.3 Å². The van der Waals surface area contributed by atoms with Gasteiger partial charge in [-0.25, -0.2) is 13.8 Å². The monoisotopic (exact) mass is 502 g/mol. The topological polar surface area (TPSA) is 56.7 Å². The smallest absolute Gasteiger partial charge is 0.241 e. The van der Waals surface area contributed by atoms with E-state index >= 15 is 0 Å². The van der Waals surface area contributed by atoms with Crippen LogP contribution in [0.3, 0.4) is 0 Å². The van der Waals surface area contributed by atoms with Gasteiger partial charge in [0.2, 0.25) is 5.91 Å². The Morgan fingerprint density at radius 2 is 1.79 bits per heavy atom. The van der Waals surface area contributed by atoms with Crippen LogP contribution >= 0.6 is 24.0 Å². The van der Waals surface area contributed by atoms with Crippen molar-refractivity contribution in [2.75, 3.05) is 20.6 Å². The Kier molecular flexibility index (Phi) is 9.84. The SMILES string of the molecule is CC(NC(=NCc1ccccc1)NCC(=O)N(C)C)c1ccc(F)c(F)c1.I. The molecule has 0 bridgehead atoms. The van der Waals surface area contributed by atoms with Crippen LogP contribution in [0.25, 0.3) is 0 Å². The Morgan fingerprint density at radius 1 is 1.11 bits per heavy atom. The van der Waals surface area contributed by atoms with E-state index in [2.05, 4.69) is 15.6 Å². The van der Waals surface area contributed by atoms with E-state index in [1.54, 1.807) is 21.0 Å². The molecule has 0 heterocycles. The van der Waals surface area contributed by atoms with Gasteiger partial charge in [-0.05, 0) is 30.2 Å². The van der Waals surface area contributed by atoms with Crippen molar-refractivity contribution in [1.82, 2.24) is 15.5 Å². The van der Waals surface area contributed by atoms with Crippen molar-refractivity contribution in [3.63, 3.8) is 0 Å². The predicted octanol–water partition coefficient (Wildman–Crippen LogP) is 3.47. The van der Waals surface area contributed by atoms with Gasteiger partial charge < -0.3 is 15.5 Å². The lowest BCUT2D eigenvalue weighted by Gasteiger charge is -2.19. The third-order valence-electron chi connectivity index (χ3n) is 3.97. The lowest BCUT2D eigenvalue weighted by Crippen LogP contribution is -2.43. The summed E-state index contributed by atoms with van der Waals surface area (Å²) in [5, 5.41) is 6.10. The summed E-state index contributed by atoms with van der Waals surface area (Å²) in [4.78, 5) is 17.8. The average molecular weight is 502 g/mol. The first-order valence-corrected chi connectivity index (χ1v) is 8.60. The van der Waals surface area contributed by atoms with Crippen LogP contribution in [-0.2, 0) is 11.3 Å². The van der Waals surface area contributed by atoms with Crippen LogP contribution < -0.4 is 10.6 Å². The highest BCUT2D eigenvalue weighted by Crippen LogP contribution is 2.15. The minimum Gasteiger partial charge on any atom is -0.350 e. The molecular formula is C20H25F2IN4O. The van der Waals surface area contributed by atoms with Gasteiger partial charge in [0.05, 0.1) is 19.1 Å². The fourth-order valence-corrected chi connectivity index (χ4v) is 2.29. The molecule has 5 nitrogen and oxygen atoms in total. The summed E-state index contributed by atoms with van der Waals surface area (Å²) in [5.41, 5.74) is 1.58. The molecule has 0 aromatic heterocycles. The molecule has 0 radical (unpaired) electrons. The summed E-state index contributed by atoms with van der Waals surface area (Å²) in [5.74, 6) is -1.49. The normalized spacial score (nSPS) is 12.0. The van der Waals surface area contributed by atoms with Crippen LogP contribution in [0.5, 0.6) is 0 Å². The Morgan fingerprint density at radius 3 is 2.39 bits per heavy atom. The van der Waals surface area contributed by atoms with E-state index in [9.17, 15) is 13.6 Å². The van der Waals surface area contributed by atoms with Gasteiger partial charge in [0.1, 0.15) is 0 Å². The van der Waals surface area contributed by atoms with Crippen LogP contribution in [0.15, 0.2) is 53.5 Å². The second kappa shape index (κ2) is 11.6. The summed E-state index contributed by atoms with van der Waals surface area (Å²) in [6.07, 6.45) is 0. The maximum Gasteiger partial charge on any atom is 0.241 e. The third kappa shape index (κ3) is 7.41. The fourth-order valence-electron chi connectivity index (χ4n) is 2.29. The highest BCUT2D eigenvalue weighted by atomic mass is 127. The molecule has 0 fully saturated rings. The number of aliphatic imine (C=N–C) groups is 1. The van der Waals surface area contributed by atoms with Crippen molar-refractivity contribution < 1.29 is 13.6 Å². The number of carbonyl (C=O) groups is 1. The highest BCUT2D eigenvalue weighted by Gasteiger charge is 2.12. The highest BCUT2D eigenvalue weighted by molar-refractivity contribution is 14.0. The van der Waals surface area contributed by atoms with Gasteiger partial charge in [0.25, 0.3) is 0 Å². The second-order valence-electron chi connectivity index (χ2n) is 6.33. The number of hydrogen-bond acceptors (Lipinski definition) is 2. The predicted molar refractivity (Wildman–Crippen MR) is 118 cm³/mol. The van der Waals surface area contributed by atoms with Crippen molar-refractivity contribution in [3.05, 3.63) is 71.3 Å². The number of guanidine groups is 1. The van der Waals surface area contributed by atoms with Crippen LogP contribution in [-0.4, -0.2) is 37.4 Å². The summed E-state index contributed by atoms with van der Waals surface area (Å²) in [6.45, 7) is 2.29. The maximum atomic E-state index is 13.5. The lowest BCUT2D eigenvalue weighted by atomic mass is 10.1. The van der Waals surface area contributed by atoms with E-state index in [4.69, 9.17) is 0 Å². The van der Waals surface area contributed by atoms with Gasteiger partial charge in [0, 0.05) is 14.1 Å². The zero-order valence-corrected chi connectivity index (χ0v) is 18.4. The minimum absolute atomic E-state index is 0. The van der Waals surface area contributed by atoms with Crippen molar-refractivity contribution >= 4 is 35.8 Å². The number of nitrogens with one attached hydrogen (secondary N) is 2. The molecule has 0 aliphatic carbocycles.